The molecule has 0 rings (SSSR count). The van der Waals surface area contributed by atoms with Gasteiger partial charge in [-0.2, -0.15) is 0 Å². The molecule has 1 amide bonds. The number of hydrogen-bond acceptors (Lipinski definition) is 5. The SMILES string of the molecule is CCCCCCCCCCCCCCCCCCCCC(=O)OCCCCCCCCCCCCCCCCCC(=O)NC(CO)C(O)CCCCCCCCCCCCCCCCCC. The fourth-order valence-electron chi connectivity index (χ4n) is 9.76. The maximum absolute atomic E-state index is 12.5. The van der Waals surface area contributed by atoms with Crippen molar-refractivity contribution in [3.8, 4) is 0 Å². The minimum atomic E-state index is -0.669. The van der Waals surface area contributed by atoms with Gasteiger partial charge in [0.1, 0.15) is 0 Å². The van der Waals surface area contributed by atoms with E-state index in [4.69, 9.17) is 4.74 Å². The molecule has 0 aromatic carbocycles. The van der Waals surface area contributed by atoms with Crippen molar-refractivity contribution in [2.24, 2.45) is 0 Å². The second-order valence-corrected chi connectivity index (χ2v) is 21.1. The molecule has 0 aliphatic rings. The van der Waals surface area contributed by atoms with E-state index in [2.05, 4.69) is 19.2 Å². The highest BCUT2D eigenvalue weighted by Gasteiger charge is 2.20. The topological polar surface area (TPSA) is 95.9 Å². The smallest absolute Gasteiger partial charge is 0.305 e. The van der Waals surface area contributed by atoms with Crippen LogP contribution in [0.2, 0.25) is 0 Å². The van der Waals surface area contributed by atoms with Crippen LogP contribution in [0.5, 0.6) is 0 Å². The summed E-state index contributed by atoms with van der Waals surface area (Å²) < 4.78 is 5.49. The average molecular weight is 935 g/mol. The van der Waals surface area contributed by atoms with Crippen LogP contribution in [-0.4, -0.2) is 47.4 Å². The Morgan fingerprint density at radius 1 is 0.364 bits per heavy atom. The quantitative estimate of drug-likeness (QED) is 0.0417. The van der Waals surface area contributed by atoms with Gasteiger partial charge in [0, 0.05) is 12.8 Å². The number of esters is 1. The van der Waals surface area contributed by atoms with Crippen molar-refractivity contribution in [2.45, 2.75) is 360 Å². The van der Waals surface area contributed by atoms with Crippen LogP contribution < -0.4 is 5.32 Å². The summed E-state index contributed by atoms with van der Waals surface area (Å²) in [7, 11) is 0. The van der Waals surface area contributed by atoms with Gasteiger partial charge in [-0.3, -0.25) is 9.59 Å². The van der Waals surface area contributed by atoms with Crippen LogP contribution in [0.4, 0.5) is 0 Å². The van der Waals surface area contributed by atoms with E-state index < -0.39 is 12.1 Å². The van der Waals surface area contributed by atoms with Gasteiger partial charge in [0.2, 0.25) is 5.91 Å². The second-order valence-electron chi connectivity index (χ2n) is 21.1. The molecule has 0 fully saturated rings. The van der Waals surface area contributed by atoms with Crippen LogP contribution in [0.3, 0.4) is 0 Å². The molecule has 0 saturated heterocycles. The summed E-state index contributed by atoms with van der Waals surface area (Å²) in [5.41, 5.74) is 0. The third-order valence-electron chi connectivity index (χ3n) is 14.4. The van der Waals surface area contributed by atoms with E-state index in [-0.39, 0.29) is 18.5 Å². The van der Waals surface area contributed by atoms with E-state index in [0.717, 1.165) is 44.9 Å². The summed E-state index contributed by atoms with van der Waals surface area (Å²) in [6.45, 7) is 4.97. The van der Waals surface area contributed by atoms with E-state index >= 15 is 0 Å². The summed E-state index contributed by atoms with van der Waals surface area (Å²) >= 11 is 0. The Labute approximate surface area is 413 Å². The molecule has 6 heteroatoms. The Morgan fingerprint density at radius 3 is 0.924 bits per heavy atom. The number of aliphatic hydroxyl groups excluding tert-OH is 2. The highest BCUT2D eigenvalue weighted by Crippen LogP contribution is 2.18. The van der Waals surface area contributed by atoms with Gasteiger partial charge in [0.25, 0.3) is 0 Å². The summed E-state index contributed by atoms with van der Waals surface area (Å²) in [5, 5.41) is 23.3. The Morgan fingerprint density at radius 2 is 0.621 bits per heavy atom. The van der Waals surface area contributed by atoms with Gasteiger partial charge in [-0.05, 0) is 25.7 Å². The second kappa shape index (κ2) is 56.4. The molecule has 0 saturated carbocycles. The molecule has 3 N–H and O–H groups in total. The molecule has 0 heterocycles. The molecule has 0 aromatic rings. The zero-order valence-electron chi connectivity index (χ0n) is 45.0. The van der Waals surface area contributed by atoms with E-state index in [1.165, 1.54) is 270 Å². The first kappa shape index (κ1) is 64.9. The molecule has 0 aliphatic heterocycles. The van der Waals surface area contributed by atoms with Gasteiger partial charge in [-0.25, -0.2) is 0 Å². The number of ether oxygens (including phenoxy) is 1. The van der Waals surface area contributed by atoms with Crippen molar-refractivity contribution >= 4 is 11.9 Å². The summed E-state index contributed by atoms with van der Waals surface area (Å²) in [6, 6.07) is -0.546. The fourth-order valence-corrected chi connectivity index (χ4v) is 9.76. The zero-order chi connectivity index (χ0) is 47.9. The molecule has 0 bridgehead atoms. The summed E-state index contributed by atoms with van der Waals surface area (Å²) in [5.74, 6) is -0.0337. The lowest BCUT2D eigenvalue weighted by Crippen LogP contribution is -2.45. The van der Waals surface area contributed by atoms with Crippen LogP contribution in [-0.2, 0) is 14.3 Å². The first-order chi connectivity index (χ1) is 32.5. The fraction of sp³-hybridized carbons (Fsp3) is 0.967. The molecule has 2 unspecified atom stereocenters. The molecular formula is C60H119NO5. The Kier molecular flexibility index (Phi) is 55.5. The minimum absolute atomic E-state index is 0.00626. The Bertz CT molecular complexity index is 944. The molecule has 0 spiro atoms. The number of amides is 1. The predicted octanol–water partition coefficient (Wildman–Crippen LogP) is 18.7. The van der Waals surface area contributed by atoms with E-state index in [1.54, 1.807) is 0 Å². The zero-order valence-corrected chi connectivity index (χ0v) is 45.0. The van der Waals surface area contributed by atoms with Gasteiger partial charge >= 0.3 is 5.97 Å². The highest BCUT2D eigenvalue weighted by molar-refractivity contribution is 5.76. The third kappa shape index (κ3) is 52.2. The monoisotopic (exact) mass is 934 g/mol. The molecule has 0 radical (unpaired) electrons. The Balaban J connectivity index is 3.39. The average Bonchev–Trinajstić information content (AvgIpc) is 3.32. The van der Waals surface area contributed by atoms with Crippen molar-refractivity contribution in [3.63, 3.8) is 0 Å². The van der Waals surface area contributed by atoms with Crippen LogP contribution >= 0.6 is 0 Å². The molecule has 66 heavy (non-hydrogen) atoms. The summed E-state index contributed by atoms with van der Waals surface area (Å²) in [4.78, 5) is 24.6. The van der Waals surface area contributed by atoms with Crippen molar-refractivity contribution in [3.05, 3.63) is 0 Å². The molecule has 394 valence electrons. The van der Waals surface area contributed by atoms with Gasteiger partial charge in [-0.1, -0.05) is 309 Å². The number of nitrogens with one attached hydrogen (secondary N) is 1. The van der Waals surface area contributed by atoms with Crippen LogP contribution in [0.1, 0.15) is 348 Å². The number of unbranched alkanes of at least 4 members (excludes halogenated alkanes) is 46. The number of hydrogen-bond donors (Lipinski definition) is 3. The highest BCUT2D eigenvalue weighted by atomic mass is 16.5. The maximum atomic E-state index is 12.5. The lowest BCUT2D eigenvalue weighted by molar-refractivity contribution is -0.143. The lowest BCUT2D eigenvalue weighted by Gasteiger charge is -2.22. The van der Waals surface area contributed by atoms with Crippen molar-refractivity contribution in [1.82, 2.24) is 5.32 Å². The molecule has 6 nitrogen and oxygen atoms in total. The van der Waals surface area contributed by atoms with Crippen molar-refractivity contribution < 1.29 is 24.5 Å². The predicted molar refractivity (Wildman–Crippen MR) is 287 cm³/mol. The number of aliphatic hydroxyl groups is 2. The molecule has 2 atom stereocenters. The first-order valence-electron chi connectivity index (χ1n) is 30.3. The summed E-state index contributed by atoms with van der Waals surface area (Å²) in [6.07, 6.45) is 65.2. The Hall–Kier alpha value is -1.14. The van der Waals surface area contributed by atoms with Gasteiger partial charge in [0.15, 0.2) is 0 Å². The van der Waals surface area contributed by atoms with Crippen LogP contribution in [0, 0.1) is 0 Å². The van der Waals surface area contributed by atoms with Gasteiger partial charge in [0.05, 0.1) is 25.4 Å². The molecule has 0 aliphatic carbocycles. The first-order valence-corrected chi connectivity index (χ1v) is 30.3. The third-order valence-corrected chi connectivity index (χ3v) is 14.4. The molecule has 0 aromatic heterocycles. The largest absolute Gasteiger partial charge is 0.466 e. The normalized spacial score (nSPS) is 12.5. The maximum Gasteiger partial charge on any atom is 0.305 e. The van der Waals surface area contributed by atoms with Crippen molar-refractivity contribution in [1.29, 1.82) is 0 Å². The number of carbonyl (C=O) groups is 2. The van der Waals surface area contributed by atoms with Gasteiger partial charge < -0.3 is 20.3 Å². The van der Waals surface area contributed by atoms with Gasteiger partial charge in [-0.15, -0.1) is 0 Å². The molecular weight excluding hydrogens is 815 g/mol. The van der Waals surface area contributed by atoms with E-state index in [0.29, 0.717) is 25.9 Å². The minimum Gasteiger partial charge on any atom is -0.466 e. The standard InChI is InChI=1S/C60H119NO5/c1-3-5-7-9-11-13-15-17-19-21-22-26-30-34-38-42-46-50-54-60(65)66-55-51-47-43-39-35-31-27-23-25-29-33-37-41-45-49-53-59(64)61-57(56-62)58(63)52-48-44-40-36-32-28-24-20-18-16-14-12-10-8-6-4-2/h57-58,62-63H,3-56H2,1-2H3,(H,61,64). The van der Waals surface area contributed by atoms with Crippen molar-refractivity contribution in [2.75, 3.05) is 13.2 Å². The lowest BCUT2D eigenvalue weighted by atomic mass is 10.0. The van der Waals surface area contributed by atoms with Crippen LogP contribution in [0.25, 0.3) is 0 Å². The van der Waals surface area contributed by atoms with E-state index in [1.807, 2.05) is 0 Å². The number of carbonyl (C=O) groups excluding carboxylic acids is 2. The number of rotatable bonds is 57. The van der Waals surface area contributed by atoms with Crippen LogP contribution in [0.15, 0.2) is 0 Å². The van der Waals surface area contributed by atoms with E-state index in [9.17, 15) is 19.8 Å².